The van der Waals surface area contributed by atoms with Crippen molar-refractivity contribution in [3.63, 3.8) is 0 Å². The lowest BCUT2D eigenvalue weighted by Gasteiger charge is -2.25. The highest BCUT2D eigenvalue weighted by Gasteiger charge is 2.17. The Labute approximate surface area is 72.5 Å². The summed E-state index contributed by atoms with van der Waals surface area (Å²) in [6.45, 7) is 3.30. The van der Waals surface area contributed by atoms with Crippen LogP contribution in [0.4, 0.5) is 0 Å². The van der Waals surface area contributed by atoms with Crippen molar-refractivity contribution in [3.8, 4) is 0 Å². The van der Waals surface area contributed by atoms with Crippen LogP contribution in [0.25, 0.3) is 0 Å². The van der Waals surface area contributed by atoms with Crippen LogP contribution in [0, 0.1) is 0 Å². The van der Waals surface area contributed by atoms with Crippen LogP contribution in [0.1, 0.15) is 19.8 Å². The van der Waals surface area contributed by atoms with Crippen LogP contribution in [0.15, 0.2) is 0 Å². The molecular formula is C8H16N2O2. The van der Waals surface area contributed by atoms with Gasteiger partial charge >= 0.3 is 0 Å². The molecule has 0 radical (unpaired) electrons. The predicted molar refractivity (Wildman–Crippen MR) is 45.6 cm³/mol. The highest BCUT2D eigenvalue weighted by molar-refractivity contribution is 5.79. The van der Waals surface area contributed by atoms with Crippen LogP contribution in [-0.2, 0) is 9.53 Å². The molecule has 3 N–H and O–H groups in total. The summed E-state index contributed by atoms with van der Waals surface area (Å²) in [6.07, 6.45) is 2.13. The van der Waals surface area contributed by atoms with Crippen molar-refractivity contribution in [3.05, 3.63) is 0 Å². The monoisotopic (exact) mass is 172 g/mol. The molecule has 1 saturated heterocycles. The zero-order chi connectivity index (χ0) is 8.97. The van der Waals surface area contributed by atoms with Crippen molar-refractivity contribution in [1.82, 2.24) is 5.32 Å². The summed E-state index contributed by atoms with van der Waals surface area (Å²) in [6, 6.07) is 0.0398. The van der Waals surface area contributed by atoms with Gasteiger partial charge in [0.2, 0.25) is 5.91 Å². The Kier molecular flexibility index (Phi) is 3.49. The maximum atomic E-state index is 10.7. The fourth-order valence-electron chi connectivity index (χ4n) is 1.31. The Hall–Kier alpha value is -0.610. The number of hydrogen-bond donors (Lipinski definition) is 2. The van der Waals surface area contributed by atoms with Crippen LogP contribution in [0.5, 0.6) is 0 Å². The van der Waals surface area contributed by atoms with Crippen molar-refractivity contribution in [2.45, 2.75) is 31.8 Å². The van der Waals surface area contributed by atoms with E-state index in [1.54, 1.807) is 6.92 Å². The fourth-order valence-corrected chi connectivity index (χ4v) is 1.31. The predicted octanol–water partition coefficient (Wildman–Crippen LogP) is -0.371. The number of amides is 1. The van der Waals surface area contributed by atoms with Gasteiger partial charge in [0.05, 0.1) is 12.6 Å². The van der Waals surface area contributed by atoms with Crippen LogP contribution >= 0.6 is 0 Å². The van der Waals surface area contributed by atoms with Crippen molar-refractivity contribution in [2.24, 2.45) is 5.73 Å². The zero-order valence-electron chi connectivity index (χ0n) is 7.38. The summed E-state index contributed by atoms with van der Waals surface area (Å²) >= 11 is 0. The number of primary amides is 1. The van der Waals surface area contributed by atoms with Gasteiger partial charge in [-0.1, -0.05) is 0 Å². The van der Waals surface area contributed by atoms with E-state index in [4.69, 9.17) is 10.5 Å². The minimum Gasteiger partial charge on any atom is -0.380 e. The molecule has 4 nitrogen and oxygen atoms in total. The molecule has 2 atom stereocenters. The lowest BCUT2D eigenvalue weighted by atomic mass is 10.1. The van der Waals surface area contributed by atoms with E-state index in [0.29, 0.717) is 12.6 Å². The number of hydrogen-bond acceptors (Lipinski definition) is 3. The van der Waals surface area contributed by atoms with Gasteiger partial charge in [0.1, 0.15) is 0 Å². The van der Waals surface area contributed by atoms with E-state index in [-0.39, 0.29) is 11.9 Å². The van der Waals surface area contributed by atoms with Gasteiger partial charge in [-0.05, 0) is 19.8 Å². The number of rotatable bonds is 3. The van der Waals surface area contributed by atoms with Gasteiger partial charge in [-0.15, -0.1) is 0 Å². The fraction of sp³-hybridized carbons (Fsp3) is 0.875. The molecule has 1 aliphatic rings. The number of nitrogens with one attached hydrogen (secondary N) is 1. The average molecular weight is 172 g/mol. The van der Waals surface area contributed by atoms with Crippen molar-refractivity contribution < 1.29 is 9.53 Å². The lowest BCUT2D eigenvalue weighted by Crippen LogP contribution is -2.47. The lowest BCUT2D eigenvalue weighted by molar-refractivity contribution is -0.120. The van der Waals surface area contributed by atoms with Crippen LogP contribution in [0.3, 0.4) is 0 Å². The Bertz CT molecular complexity index is 155. The number of carbonyl (C=O) groups is 1. The minimum absolute atomic E-state index is 0.253. The Morgan fingerprint density at radius 3 is 3.00 bits per heavy atom. The molecule has 0 spiro atoms. The molecule has 2 unspecified atom stereocenters. The Morgan fingerprint density at radius 2 is 2.50 bits per heavy atom. The maximum Gasteiger partial charge on any atom is 0.234 e. The molecule has 0 aromatic rings. The first-order valence-corrected chi connectivity index (χ1v) is 4.33. The molecule has 12 heavy (non-hydrogen) atoms. The second-order valence-corrected chi connectivity index (χ2v) is 3.20. The quantitative estimate of drug-likeness (QED) is 0.610. The highest BCUT2D eigenvalue weighted by Crippen LogP contribution is 2.06. The first-order valence-electron chi connectivity index (χ1n) is 4.33. The van der Waals surface area contributed by atoms with E-state index in [1.165, 1.54) is 0 Å². The van der Waals surface area contributed by atoms with E-state index in [9.17, 15) is 4.79 Å². The van der Waals surface area contributed by atoms with Crippen molar-refractivity contribution >= 4 is 5.91 Å². The van der Waals surface area contributed by atoms with E-state index in [0.717, 1.165) is 19.4 Å². The highest BCUT2D eigenvalue weighted by atomic mass is 16.5. The third kappa shape index (κ3) is 2.79. The first kappa shape index (κ1) is 9.48. The molecule has 0 aromatic carbocycles. The maximum absolute atomic E-state index is 10.7. The molecule has 4 heteroatoms. The van der Waals surface area contributed by atoms with Gasteiger partial charge in [0.15, 0.2) is 0 Å². The molecule has 0 bridgehead atoms. The molecule has 1 fully saturated rings. The summed E-state index contributed by atoms with van der Waals surface area (Å²) in [5.41, 5.74) is 5.11. The molecule has 0 aromatic heterocycles. The minimum atomic E-state index is -0.305. The molecule has 70 valence electrons. The second-order valence-electron chi connectivity index (χ2n) is 3.20. The molecule has 1 heterocycles. The second kappa shape index (κ2) is 4.42. The van der Waals surface area contributed by atoms with Crippen molar-refractivity contribution in [1.29, 1.82) is 0 Å². The first-order chi connectivity index (χ1) is 5.70. The molecule has 1 aliphatic heterocycles. The summed E-state index contributed by atoms with van der Waals surface area (Å²) in [5, 5.41) is 3.12. The summed E-state index contributed by atoms with van der Waals surface area (Å²) < 4.78 is 5.25. The number of carbonyl (C=O) groups excluding carboxylic acids is 1. The van der Waals surface area contributed by atoms with E-state index in [1.807, 2.05) is 0 Å². The van der Waals surface area contributed by atoms with Gasteiger partial charge in [-0.2, -0.15) is 0 Å². The number of ether oxygens (including phenoxy) is 1. The topological polar surface area (TPSA) is 64.3 Å². The van der Waals surface area contributed by atoms with Crippen LogP contribution in [0.2, 0.25) is 0 Å². The normalized spacial score (nSPS) is 26.6. The molecular weight excluding hydrogens is 156 g/mol. The zero-order valence-corrected chi connectivity index (χ0v) is 7.38. The van der Waals surface area contributed by atoms with Gasteiger partial charge in [-0.25, -0.2) is 0 Å². The van der Waals surface area contributed by atoms with Crippen LogP contribution in [-0.4, -0.2) is 31.2 Å². The summed E-state index contributed by atoms with van der Waals surface area (Å²) in [7, 11) is 0. The molecule has 1 rings (SSSR count). The third-order valence-corrected chi connectivity index (χ3v) is 2.07. The largest absolute Gasteiger partial charge is 0.380 e. The van der Waals surface area contributed by atoms with Gasteiger partial charge in [0.25, 0.3) is 0 Å². The Morgan fingerprint density at radius 1 is 1.75 bits per heavy atom. The third-order valence-electron chi connectivity index (χ3n) is 2.07. The molecule has 0 aliphatic carbocycles. The van der Waals surface area contributed by atoms with Gasteiger partial charge in [-0.3, -0.25) is 4.79 Å². The summed E-state index contributed by atoms with van der Waals surface area (Å²) in [4.78, 5) is 10.7. The van der Waals surface area contributed by atoms with Gasteiger partial charge in [0, 0.05) is 12.6 Å². The number of nitrogens with two attached hydrogens (primary N) is 1. The van der Waals surface area contributed by atoms with E-state index >= 15 is 0 Å². The average Bonchev–Trinajstić information content (AvgIpc) is 2.06. The standard InChI is InChI=1S/C8H16N2O2/c1-6(8(9)11)10-7-3-2-4-12-5-7/h6-7,10H,2-5H2,1H3,(H2,9,11). The summed E-state index contributed by atoms with van der Waals surface area (Å²) in [5.74, 6) is -0.305. The smallest absolute Gasteiger partial charge is 0.234 e. The SMILES string of the molecule is CC(NC1CCCOC1)C(N)=O. The molecule has 0 saturated carbocycles. The Balaban J connectivity index is 2.24. The van der Waals surface area contributed by atoms with Crippen LogP contribution < -0.4 is 11.1 Å². The van der Waals surface area contributed by atoms with Gasteiger partial charge < -0.3 is 15.8 Å². The molecule has 1 amide bonds. The van der Waals surface area contributed by atoms with Crippen molar-refractivity contribution in [2.75, 3.05) is 13.2 Å². The van der Waals surface area contributed by atoms with E-state index in [2.05, 4.69) is 5.32 Å². The van der Waals surface area contributed by atoms with E-state index < -0.39 is 0 Å².